The third kappa shape index (κ3) is 2.75. The molecule has 1 heterocycles. The molecule has 0 aliphatic carbocycles. The molecule has 3 rings (SSSR count). The molecular formula is C17H19NO3. The number of anilines is 1. The topological polar surface area (TPSA) is 39.7 Å². The summed E-state index contributed by atoms with van der Waals surface area (Å²) in [6, 6.07) is 12.3. The van der Waals surface area contributed by atoms with Gasteiger partial charge in [-0.05, 0) is 55.3 Å². The molecule has 0 aromatic heterocycles. The summed E-state index contributed by atoms with van der Waals surface area (Å²) in [6.07, 6.45) is 0. The van der Waals surface area contributed by atoms with Crippen molar-refractivity contribution in [1.82, 2.24) is 0 Å². The Morgan fingerprint density at radius 2 is 1.90 bits per heavy atom. The summed E-state index contributed by atoms with van der Waals surface area (Å²) < 4.78 is 16.0. The molecule has 1 N–H and O–H groups in total. The molecule has 1 aliphatic rings. The molecule has 0 saturated carbocycles. The molecule has 2 aromatic carbocycles. The first-order chi connectivity index (χ1) is 10.2. The Labute approximate surface area is 124 Å². The van der Waals surface area contributed by atoms with Crippen LogP contribution in [0.2, 0.25) is 0 Å². The van der Waals surface area contributed by atoms with Crippen LogP contribution in [0.25, 0.3) is 0 Å². The first kappa shape index (κ1) is 13.6. The van der Waals surface area contributed by atoms with E-state index >= 15 is 0 Å². The van der Waals surface area contributed by atoms with Gasteiger partial charge in [0.1, 0.15) is 5.75 Å². The lowest BCUT2D eigenvalue weighted by Gasteiger charge is -2.17. The Bertz CT molecular complexity index is 654. The molecule has 4 nitrogen and oxygen atoms in total. The molecule has 0 fully saturated rings. The molecule has 1 aliphatic heterocycles. The van der Waals surface area contributed by atoms with Gasteiger partial charge in [0.25, 0.3) is 0 Å². The van der Waals surface area contributed by atoms with E-state index in [-0.39, 0.29) is 6.04 Å². The SMILES string of the molecule is COc1ccc(NC(C)c2ccc3c(c2)OCO3)cc1C. The fraction of sp³-hybridized carbons (Fsp3) is 0.294. The number of benzene rings is 2. The number of hydrogen-bond acceptors (Lipinski definition) is 4. The van der Waals surface area contributed by atoms with Crippen molar-refractivity contribution in [2.75, 3.05) is 19.2 Å². The molecule has 1 unspecified atom stereocenters. The van der Waals surface area contributed by atoms with Crippen LogP contribution in [-0.2, 0) is 0 Å². The van der Waals surface area contributed by atoms with Gasteiger partial charge in [-0.25, -0.2) is 0 Å². The second-order valence-corrected chi connectivity index (χ2v) is 5.16. The normalized spacial score (nSPS) is 13.9. The maximum atomic E-state index is 5.42. The first-order valence-corrected chi connectivity index (χ1v) is 6.98. The van der Waals surface area contributed by atoms with Crippen LogP contribution in [0.3, 0.4) is 0 Å². The van der Waals surface area contributed by atoms with Crippen molar-refractivity contribution in [3.63, 3.8) is 0 Å². The van der Waals surface area contributed by atoms with Gasteiger partial charge in [-0.1, -0.05) is 6.07 Å². The van der Waals surface area contributed by atoms with E-state index in [0.29, 0.717) is 6.79 Å². The van der Waals surface area contributed by atoms with Gasteiger partial charge >= 0.3 is 0 Å². The van der Waals surface area contributed by atoms with Gasteiger partial charge in [-0.3, -0.25) is 0 Å². The van der Waals surface area contributed by atoms with Gasteiger partial charge in [0.2, 0.25) is 6.79 Å². The molecule has 110 valence electrons. The van der Waals surface area contributed by atoms with Crippen molar-refractivity contribution >= 4 is 5.69 Å². The van der Waals surface area contributed by atoms with Crippen molar-refractivity contribution in [2.45, 2.75) is 19.9 Å². The van der Waals surface area contributed by atoms with Crippen LogP contribution in [0.4, 0.5) is 5.69 Å². The van der Waals surface area contributed by atoms with Crippen LogP contribution >= 0.6 is 0 Å². The quantitative estimate of drug-likeness (QED) is 0.924. The smallest absolute Gasteiger partial charge is 0.231 e. The average Bonchev–Trinajstić information content (AvgIpc) is 2.94. The molecule has 2 aromatic rings. The first-order valence-electron chi connectivity index (χ1n) is 6.98. The monoisotopic (exact) mass is 285 g/mol. The summed E-state index contributed by atoms with van der Waals surface area (Å²) in [7, 11) is 1.69. The van der Waals surface area contributed by atoms with Crippen molar-refractivity contribution in [2.24, 2.45) is 0 Å². The Hall–Kier alpha value is -2.36. The highest BCUT2D eigenvalue weighted by Crippen LogP contribution is 2.35. The lowest BCUT2D eigenvalue weighted by molar-refractivity contribution is 0.174. The zero-order valence-electron chi connectivity index (χ0n) is 12.5. The number of fused-ring (bicyclic) bond motifs is 1. The molecule has 0 spiro atoms. The van der Waals surface area contributed by atoms with Gasteiger partial charge in [-0.15, -0.1) is 0 Å². The van der Waals surface area contributed by atoms with Crippen LogP contribution in [0.5, 0.6) is 17.2 Å². The minimum Gasteiger partial charge on any atom is -0.496 e. The predicted molar refractivity (Wildman–Crippen MR) is 82.3 cm³/mol. The zero-order valence-corrected chi connectivity index (χ0v) is 12.5. The van der Waals surface area contributed by atoms with Crippen LogP contribution < -0.4 is 19.5 Å². The molecule has 0 radical (unpaired) electrons. The zero-order chi connectivity index (χ0) is 14.8. The Morgan fingerprint density at radius 3 is 2.67 bits per heavy atom. The minimum atomic E-state index is 0.173. The molecule has 1 atom stereocenters. The van der Waals surface area contributed by atoms with E-state index in [1.165, 1.54) is 0 Å². The summed E-state index contributed by atoms with van der Waals surface area (Å²) in [5.41, 5.74) is 3.34. The van der Waals surface area contributed by atoms with E-state index in [2.05, 4.69) is 24.4 Å². The lowest BCUT2D eigenvalue weighted by Crippen LogP contribution is -2.06. The highest BCUT2D eigenvalue weighted by molar-refractivity contribution is 5.53. The summed E-state index contributed by atoms with van der Waals surface area (Å²) in [4.78, 5) is 0. The van der Waals surface area contributed by atoms with Crippen LogP contribution in [0, 0.1) is 6.92 Å². The predicted octanol–water partition coefficient (Wildman–Crippen LogP) is 3.91. The highest BCUT2D eigenvalue weighted by Gasteiger charge is 2.15. The summed E-state index contributed by atoms with van der Waals surface area (Å²) in [5, 5.41) is 3.49. The number of hydrogen-bond donors (Lipinski definition) is 1. The number of ether oxygens (including phenoxy) is 3. The van der Waals surface area contributed by atoms with Crippen molar-refractivity contribution in [1.29, 1.82) is 0 Å². The number of methoxy groups -OCH3 is 1. The van der Waals surface area contributed by atoms with Crippen LogP contribution in [0.1, 0.15) is 24.1 Å². The fourth-order valence-corrected chi connectivity index (χ4v) is 2.48. The van der Waals surface area contributed by atoms with Gasteiger partial charge in [0, 0.05) is 11.7 Å². The second-order valence-electron chi connectivity index (χ2n) is 5.16. The van der Waals surface area contributed by atoms with Gasteiger partial charge in [0.05, 0.1) is 7.11 Å². The average molecular weight is 285 g/mol. The van der Waals surface area contributed by atoms with Crippen molar-refractivity contribution < 1.29 is 14.2 Å². The standard InChI is InChI=1S/C17H19NO3/c1-11-8-14(5-7-15(11)19-3)18-12(2)13-4-6-16-17(9-13)21-10-20-16/h4-9,12,18H,10H2,1-3H3. The van der Waals surface area contributed by atoms with E-state index in [4.69, 9.17) is 14.2 Å². The third-order valence-electron chi connectivity index (χ3n) is 3.67. The van der Waals surface area contributed by atoms with Crippen LogP contribution in [-0.4, -0.2) is 13.9 Å². The summed E-state index contributed by atoms with van der Waals surface area (Å²) in [5.74, 6) is 2.52. The van der Waals surface area contributed by atoms with E-state index in [0.717, 1.165) is 34.1 Å². The van der Waals surface area contributed by atoms with Crippen molar-refractivity contribution in [3.05, 3.63) is 47.5 Å². The number of aryl methyl sites for hydroxylation is 1. The van der Waals surface area contributed by atoms with Gasteiger partial charge in [-0.2, -0.15) is 0 Å². The Kier molecular flexibility index (Phi) is 3.60. The molecule has 0 bridgehead atoms. The third-order valence-corrected chi connectivity index (χ3v) is 3.67. The van der Waals surface area contributed by atoms with E-state index in [1.54, 1.807) is 7.11 Å². The highest BCUT2D eigenvalue weighted by atomic mass is 16.7. The molecular weight excluding hydrogens is 266 g/mol. The lowest BCUT2D eigenvalue weighted by atomic mass is 10.1. The summed E-state index contributed by atoms with van der Waals surface area (Å²) >= 11 is 0. The van der Waals surface area contributed by atoms with Crippen molar-refractivity contribution in [3.8, 4) is 17.2 Å². The van der Waals surface area contributed by atoms with E-state index in [9.17, 15) is 0 Å². The molecule has 0 saturated heterocycles. The van der Waals surface area contributed by atoms with E-state index < -0.39 is 0 Å². The van der Waals surface area contributed by atoms with E-state index in [1.807, 2.05) is 31.2 Å². The van der Waals surface area contributed by atoms with Crippen LogP contribution in [0.15, 0.2) is 36.4 Å². The van der Waals surface area contributed by atoms with Gasteiger partial charge < -0.3 is 19.5 Å². The maximum Gasteiger partial charge on any atom is 0.231 e. The Morgan fingerprint density at radius 1 is 1.10 bits per heavy atom. The number of rotatable bonds is 4. The molecule has 21 heavy (non-hydrogen) atoms. The molecule has 0 amide bonds. The minimum absolute atomic E-state index is 0.173. The Balaban J connectivity index is 1.76. The fourth-order valence-electron chi connectivity index (χ4n) is 2.48. The second kappa shape index (κ2) is 5.56. The summed E-state index contributed by atoms with van der Waals surface area (Å²) in [6.45, 7) is 4.46. The maximum absolute atomic E-state index is 5.42. The van der Waals surface area contributed by atoms with Gasteiger partial charge in [0.15, 0.2) is 11.5 Å². The number of nitrogens with one attached hydrogen (secondary N) is 1. The largest absolute Gasteiger partial charge is 0.496 e. The molecule has 4 heteroatoms.